The zero-order valence-electron chi connectivity index (χ0n) is 7.36. The summed E-state index contributed by atoms with van der Waals surface area (Å²) in [5, 5.41) is 2.94. The van der Waals surface area contributed by atoms with Crippen LogP contribution in [-0.2, 0) is 11.2 Å². The lowest BCUT2D eigenvalue weighted by Crippen LogP contribution is -2.27. The minimum Gasteiger partial charge on any atom is -0.353 e. The minimum absolute atomic E-state index is 0.175. The number of carbonyl (C=O) groups excluding carboxylic acids is 1. The van der Waals surface area contributed by atoms with Crippen LogP contribution < -0.4 is 5.32 Å². The molecule has 0 saturated carbocycles. The minimum atomic E-state index is 0.175. The molecule has 0 aromatic carbocycles. The second-order valence-electron chi connectivity index (χ2n) is 3.37. The van der Waals surface area contributed by atoms with Crippen LogP contribution in [0.4, 0.5) is 0 Å². The third kappa shape index (κ3) is 2.05. The van der Waals surface area contributed by atoms with Gasteiger partial charge in [-0.15, -0.1) is 0 Å². The van der Waals surface area contributed by atoms with Crippen molar-refractivity contribution in [2.75, 3.05) is 0 Å². The number of amides is 1. The molecular formula is C10H12N2O. The number of rotatable bonds is 2. The Bertz CT molecular complexity index is 297. The molecule has 1 aliphatic rings. The second-order valence-corrected chi connectivity index (χ2v) is 3.37. The van der Waals surface area contributed by atoms with Crippen LogP contribution in [0.15, 0.2) is 24.5 Å². The van der Waals surface area contributed by atoms with Crippen LogP contribution in [0.3, 0.4) is 0 Å². The molecule has 3 nitrogen and oxygen atoms in total. The Labute approximate surface area is 77.2 Å². The van der Waals surface area contributed by atoms with E-state index < -0.39 is 0 Å². The molecule has 68 valence electrons. The van der Waals surface area contributed by atoms with Gasteiger partial charge in [0.1, 0.15) is 0 Å². The van der Waals surface area contributed by atoms with Crippen molar-refractivity contribution < 1.29 is 4.79 Å². The number of hydrogen-bond donors (Lipinski definition) is 1. The first-order valence-electron chi connectivity index (χ1n) is 4.53. The van der Waals surface area contributed by atoms with E-state index in [1.807, 2.05) is 18.3 Å². The molecule has 1 aliphatic heterocycles. The van der Waals surface area contributed by atoms with E-state index in [9.17, 15) is 4.79 Å². The normalized spacial score (nSPS) is 21.5. The summed E-state index contributed by atoms with van der Waals surface area (Å²) in [7, 11) is 0. The number of nitrogens with zero attached hydrogens (tertiary/aromatic N) is 1. The third-order valence-corrected chi connectivity index (χ3v) is 2.29. The summed E-state index contributed by atoms with van der Waals surface area (Å²) >= 11 is 0. The Morgan fingerprint density at radius 1 is 1.62 bits per heavy atom. The molecule has 2 heterocycles. The molecule has 3 heteroatoms. The number of aromatic nitrogens is 1. The van der Waals surface area contributed by atoms with Crippen LogP contribution in [0, 0.1) is 0 Å². The quantitative estimate of drug-likeness (QED) is 0.727. The van der Waals surface area contributed by atoms with Gasteiger partial charge in [-0.05, 0) is 24.5 Å². The summed E-state index contributed by atoms with van der Waals surface area (Å²) in [6.45, 7) is 0. The molecule has 1 fully saturated rings. The van der Waals surface area contributed by atoms with Gasteiger partial charge in [0.05, 0.1) is 0 Å². The highest BCUT2D eigenvalue weighted by Gasteiger charge is 2.20. The van der Waals surface area contributed by atoms with Crippen molar-refractivity contribution in [3.8, 4) is 0 Å². The molecule has 0 radical (unpaired) electrons. The maximum Gasteiger partial charge on any atom is 0.220 e. The highest BCUT2D eigenvalue weighted by molar-refractivity contribution is 5.78. The predicted molar refractivity (Wildman–Crippen MR) is 49.1 cm³/mol. The van der Waals surface area contributed by atoms with Crippen molar-refractivity contribution in [3.63, 3.8) is 0 Å². The molecule has 1 aromatic rings. The summed E-state index contributed by atoms with van der Waals surface area (Å²) in [6, 6.07) is 4.28. The van der Waals surface area contributed by atoms with Crippen molar-refractivity contribution in [1.82, 2.24) is 10.3 Å². The van der Waals surface area contributed by atoms with Crippen LogP contribution in [-0.4, -0.2) is 16.9 Å². The van der Waals surface area contributed by atoms with Gasteiger partial charge < -0.3 is 5.32 Å². The SMILES string of the molecule is O=C1CCC(Cc2cccnc2)N1. The van der Waals surface area contributed by atoms with Crippen LogP contribution in [0.5, 0.6) is 0 Å². The van der Waals surface area contributed by atoms with E-state index in [2.05, 4.69) is 10.3 Å². The monoisotopic (exact) mass is 176 g/mol. The van der Waals surface area contributed by atoms with Gasteiger partial charge in [-0.3, -0.25) is 9.78 Å². The summed E-state index contributed by atoms with van der Waals surface area (Å²) in [5.41, 5.74) is 1.19. The van der Waals surface area contributed by atoms with Gasteiger partial charge in [-0.2, -0.15) is 0 Å². The second kappa shape index (κ2) is 3.56. The molecule has 1 unspecified atom stereocenters. The van der Waals surface area contributed by atoms with E-state index >= 15 is 0 Å². The highest BCUT2D eigenvalue weighted by Crippen LogP contribution is 2.11. The molecule has 1 N–H and O–H groups in total. The van der Waals surface area contributed by atoms with Gasteiger partial charge in [0.2, 0.25) is 5.91 Å². The van der Waals surface area contributed by atoms with E-state index in [0.29, 0.717) is 12.5 Å². The lowest BCUT2D eigenvalue weighted by atomic mass is 10.1. The topological polar surface area (TPSA) is 42.0 Å². The Kier molecular flexibility index (Phi) is 2.25. The lowest BCUT2D eigenvalue weighted by molar-refractivity contribution is -0.119. The summed E-state index contributed by atoms with van der Waals surface area (Å²) in [5.74, 6) is 0.175. The molecule has 2 rings (SSSR count). The van der Waals surface area contributed by atoms with Crippen molar-refractivity contribution in [2.45, 2.75) is 25.3 Å². The Morgan fingerprint density at radius 2 is 2.54 bits per heavy atom. The zero-order chi connectivity index (χ0) is 9.10. The van der Waals surface area contributed by atoms with E-state index in [1.165, 1.54) is 5.56 Å². The van der Waals surface area contributed by atoms with Gasteiger partial charge in [-0.25, -0.2) is 0 Å². The highest BCUT2D eigenvalue weighted by atomic mass is 16.1. The van der Waals surface area contributed by atoms with Crippen LogP contribution in [0.1, 0.15) is 18.4 Å². The van der Waals surface area contributed by atoms with Crippen molar-refractivity contribution in [3.05, 3.63) is 30.1 Å². The number of carbonyl (C=O) groups is 1. The largest absolute Gasteiger partial charge is 0.353 e. The third-order valence-electron chi connectivity index (χ3n) is 2.29. The molecule has 1 atom stereocenters. The summed E-state index contributed by atoms with van der Waals surface area (Å²) in [6.07, 6.45) is 6.14. The Balaban J connectivity index is 1.96. The summed E-state index contributed by atoms with van der Waals surface area (Å²) < 4.78 is 0. The predicted octanol–water partition coefficient (Wildman–Crippen LogP) is 0.903. The Morgan fingerprint density at radius 3 is 3.15 bits per heavy atom. The average Bonchev–Trinajstić information content (AvgIpc) is 2.53. The van der Waals surface area contributed by atoms with Crippen LogP contribution in [0.2, 0.25) is 0 Å². The molecule has 1 amide bonds. The number of pyridine rings is 1. The first-order chi connectivity index (χ1) is 6.34. The zero-order valence-corrected chi connectivity index (χ0v) is 7.36. The van der Waals surface area contributed by atoms with E-state index in [4.69, 9.17) is 0 Å². The molecule has 1 aromatic heterocycles. The van der Waals surface area contributed by atoms with E-state index in [0.717, 1.165) is 12.8 Å². The van der Waals surface area contributed by atoms with Crippen LogP contribution >= 0.6 is 0 Å². The van der Waals surface area contributed by atoms with Crippen molar-refractivity contribution in [1.29, 1.82) is 0 Å². The molecule has 0 bridgehead atoms. The molecule has 13 heavy (non-hydrogen) atoms. The fourth-order valence-electron chi connectivity index (χ4n) is 1.63. The smallest absolute Gasteiger partial charge is 0.220 e. The maximum absolute atomic E-state index is 10.9. The lowest BCUT2D eigenvalue weighted by Gasteiger charge is -2.08. The maximum atomic E-state index is 10.9. The molecular weight excluding hydrogens is 164 g/mol. The molecule has 0 spiro atoms. The number of nitrogens with one attached hydrogen (secondary N) is 1. The standard InChI is InChI=1S/C10H12N2O/c13-10-4-3-9(12-10)6-8-2-1-5-11-7-8/h1-2,5,7,9H,3-4,6H2,(H,12,13). The van der Waals surface area contributed by atoms with Gasteiger partial charge in [0.25, 0.3) is 0 Å². The van der Waals surface area contributed by atoms with Crippen molar-refractivity contribution >= 4 is 5.91 Å². The van der Waals surface area contributed by atoms with Gasteiger partial charge >= 0.3 is 0 Å². The first kappa shape index (κ1) is 8.23. The fourth-order valence-corrected chi connectivity index (χ4v) is 1.63. The number of hydrogen-bond acceptors (Lipinski definition) is 2. The van der Waals surface area contributed by atoms with Gasteiger partial charge in [-0.1, -0.05) is 6.07 Å². The fraction of sp³-hybridized carbons (Fsp3) is 0.400. The van der Waals surface area contributed by atoms with E-state index in [1.54, 1.807) is 6.20 Å². The molecule has 0 aliphatic carbocycles. The van der Waals surface area contributed by atoms with E-state index in [-0.39, 0.29) is 5.91 Å². The summed E-state index contributed by atoms with van der Waals surface area (Å²) in [4.78, 5) is 14.9. The van der Waals surface area contributed by atoms with Crippen molar-refractivity contribution in [2.24, 2.45) is 0 Å². The van der Waals surface area contributed by atoms with Crippen LogP contribution in [0.25, 0.3) is 0 Å². The first-order valence-corrected chi connectivity index (χ1v) is 4.53. The molecule has 1 saturated heterocycles. The van der Waals surface area contributed by atoms with Gasteiger partial charge in [0.15, 0.2) is 0 Å². The van der Waals surface area contributed by atoms with Gasteiger partial charge in [0, 0.05) is 24.9 Å². The Hall–Kier alpha value is -1.38. The average molecular weight is 176 g/mol.